The molecule has 0 heterocycles. The van der Waals surface area contributed by atoms with E-state index >= 15 is 0 Å². The quantitative estimate of drug-likeness (QED) is 0.0197. The van der Waals surface area contributed by atoms with Crippen LogP contribution in [0.3, 0.4) is 0 Å². The summed E-state index contributed by atoms with van der Waals surface area (Å²) in [6.07, 6.45) is 38.9. The first-order valence-electron chi connectivity index (χ1n) is 31.8. The number of allylic oxidation sites excluding steroid dienone is 2. The van der Waals surface area contributed by atoms with Gasteiger partial charge in [0.1, 0.15) is 38.5 Å². The van der Waals surface area contributed by atoms with E-state index < -0.39 is 24.4 Å². The molecule has 0 aromatic heterocycles. The molecule has 4 atom stereocenters. The van der Waals surface area contributed by atoms with E-state index in [0.717, 1.165) is 154 Å². The Morgan fingerprint density at radius 2 is 0.756 bits per heavy atom. The maximum Gasteiger partial charge on any atom is 0.362 e. The summed E-state index contributed by atoms with van der Waals surface area (Å²) < 4.78 is 22.3. The second-order valence-corrected chi connectivity index (χ2v) is 23.8. The average molecular weight is 1210 g/mol. The van der Waals surface area contributed by atoms with E-state index in [1.165, 1.54) is 52.4 Å². The minimum Gasteiger partial charge on any atom is -1.00 e. The van der Waals surface area contributed by atoms with Gasteiger partial charge in [0, 0.05) is 39.8 Å². The zero-order valence-electron chi connectivity index (χ0n) is 52.9. The van der Waals surface area contributed by atoms with Crippen molar-refractivity contribution in [2.45, 2.75) is 270 Å². The summed E-state index contributed by atoms with van der Waals surface area (Å²) in [5, 5.41) is 28.0. The van der Waals surface area contributed by atoms with Crippen molar-refractivity contribution in [2.75, 3.05) is 80.7 Å². The minimum atomic E-state index is -0.756. The Balaban J connectivity index is -0.0000312. The van der Waals surface area contributed by atoms with Crippen LogP contribution < -0.4 is 35.4 Å². The summed E-state index contributed by atoms with van der Waals surface area (Å²) in [5.74, 6) is -1.09. The third kappa shape index (κ3) is 54.6. The van der Waals surface area contributed by atoms with Crippen molar-refractivity contribution in [2.24, 2.45) is 0 Å². The Morgan fingerprint density at radius 1 is 0.439 bits per heavy atom. The molecule has 0 bridgehead atoms. The number of nitrogens with zero attached hydrogens (tertiary/aromatic N) is 2. The molecule has 0 aliphatic rings. The van der Waals surface area contributed by atoms with Gasteiger partial charge >= 0.3 is 23.9 Å². The number of nitrogens with one attached hydrogen (secondary N) is 2. The molecule has 0 radical (unpaired) electrons. The highest BCUT2D eigenvalue weighted by Gasteiger charge is 2.29. The fourth-order valence-electron chi connectivity index (χ4n) is 9.46. The number of esters is 4. The van der Waals surface area contributed by atoms with Crippen LogP contribution in [0.4, 0.5) is 0 Å². The van der Waals surface area contributed by atoms with Crippen LogP contribution >= 0.6 is 0 Å². The van der Waals surface area contributed by atoms with Gasteiger partial charge in [-0.1, -0.05) is 154 Å². The smallest absolute Gasteiger partial charge is 0.362 e. The summed E-state index contributed by atoms with van der Waals surface area (Å²) in [4.78, 5) is 72.4. The molecule has 0 aromatic rings. The third-order valence-corrected chi connectivity index (χ3v) is 14.6. The predicted octanol–water partition coefficient (Wildman–Crippen LogP) is 5.47. The topological polar surface area (TPSA) is 204 Å². The third-order valence-electron chi connectivity index (χ3n) is 14.6. The predicted molar refractivity (Wildman–Crippen MR) is 321 cm³/mol. The van der Waals surface area contributed by atoms with Gasteiger partial charge in [-0.15, -0.1) is 0 Å². The van der Waals surface area contributed by atoms with Crippen molar-refractivity contribution < 1.29 is 91.7 Å². The molecule has 0 fully saturated rings. The van der Waals surface area contributed by atoms with E-state index in [-0.39, 0.29) is 86.8 Å². The number of halogens is 2. The van der Waals surface area contributed by atoms with Crippen LogP contribution in [0.25, 0.3) is 0 Å². The summed E-state index contributed by atoms with van der Waals surface area (Å²) in [7, 11) is 7.56. The number of likely N-dealkylation sites (N-methyl/N-ethyl adjacent to an activating group) is 2. The molecule has 4 N–H and O–H groups in total. The SMILES string of the molecule is CCCCCC(OC(=O)C[N+](C)(C)CCOC(C)=O)C(O)C/C=C/CCCCCCCC(=O)NCCCCCCCCCCCCNC(=O)CCCCCCC/C=C/CC(O)C(CCCCC)OC(=O)C[N+](C)(C)CCOC(C)=O.[Cl-].[Cl-]. The van der Waals surface area contributed by atoms with Gasteiger partial charge in [-0.05, 0) is 89.9 Å². The molecule has 16 nitrogen and oxygen atoms in total. The fourth-order valence-corrected chi connectivity index (χ4v) is 9.46. The summed E-state index contributed by atoms with van der Waals surface area (Å²) >= 11 is 0. The van der Waals surface area contributed by atoms with E-state index in [1.54, 1.807) is 0 Å². The van der Waals surface area contributed by atoms with Gasteiger partial charge in [-0.2, -0.15) is 0 Å². The van der Waals surface area contributed by atoms with Gasteiger partial charge in [0.25, 0.3) is 0 Å². The van der Waals surface area contributed by atoms with E-state index in [9.17, 15) is 39.0 Å². The van der Waals surface area contributed by atoms with E-state index in [0.29, 0.717) is 60.6 Å². The number of quaternary nitrogens is 2. The lowest BCUT2D eigenvalue weighted by atomic mass is 10.0. The normalized spacial score (nSPS) is 13.1. The monoisotopic (exact) mass is 1210 g/mol. The Kier molecular flexibility index (Phi) is 56.2. The number of rotatable bonds is 55. The number of aliphatic hydroxyl groups is 2. The second-order valence-electron chi connectivity index (χ2n) is 23.8. The van der Waals surface area contributed by atoms with E-state index in [1.807, 2.05) is 40.3 Å². The minimum absolute atomic E-state index is 0. The first-order chi connectivity index (χ1) is 38.3. The molecule has 2 amide bonds. The summed E-state index contributed by atoms with van der Waals surface area (Å²) in [6.45, 7) is 10.2. The fraction of sp³-hybridized carbons (Fsp3) is 0.844. The van der Waals surface area contributed by atoms with Crippen LogP contribution in [0.5, 0.6) is 0 Å². The molecular weight excluding hydrogens is 1090 g/mol. The molecule has 18 heteroatoms. The van der Waals surface area contributed by atoms with Crippen molar-refractivity contribution in [1.82, 2.24) is 10.6 Å². The molecule has 0 aromatic carbocycles. The van der Waals surface area contributed by atoms with Crippen LogP contribution in [0.15, 0.2) is 24.3 Å². The number of aliphatic hydroxyl groups excluding tert-OH is 2. The lowest BCUT2D eigenvalue weighted by molar-refractivity contribution is -0.883. The van der Waals surface area contributed by atoms with Crippen molar-refractivity contribution in [1.29, 1.82) is 0 Å². The number of hydrogen-bond acceptors (Lipinski definition) is 12. The number of hydrogen-bond donors (Lipinski definition) is 4. The van der Waals surface area contributed by atoms with Crippen molar-refractivity contribution in [3.05, 3.63) is 24.3 Å². The Hall–Kier alpha value is -3.28. The van der Waals surface area contributed by atoms with Crippen molar-refractivity contribution >= 4 is 35.7 Å². The maximum absolute atomic E-state index is 12.8. The highest BCUT2D eigenvalue weighted by atomic mass is 35.5. The van der Waals surface area contributed by atoms with Gasteiger partial charge in [0.05, 0.1) is 40.4 Å². The molecule has 0 rings (SSSR count). The Morgan fingerprint density at radius 3 is 1.09 bits per heavy atom. The molecule has 0 saturated carbocycles. The number of unbranched alkanes of at least 4 members (excludes halogenated alkanes) is 23. The highest BCUT2D eigenvalue weighted by molar-refractivity contribution is 5.76. The van der Waals surface area contributed by atoms with Gasteiger partial charge in [-0.25, -0.2) is 9.59 Å². The first kappa shape index (κ1) is 82.9. The number of carbonyl (C=O) groups is 6. The van der Waals surface area contributed by atoms with Gasteiger partial charge < -0.3 is 73.6 Å². The van der Waals surface area contributed by atoms with Gasteiger partial charge in [0.2, 0.25) is 11.8 Å². The van der Waals surface area contributed by atoms with Crippen molar-refractivity contribution in [3.8, 4) is 0 Å². The molecule has 0 spiro atoms. The van der Waals surface area contributed by atoms with Crippen LogP contribution in [-0.2, 0) is 47.7 Å². The lowest BCUT2D eigenvalue weighted by Crippen LogP contribution is -3.00. The first-order valence-corrected chi connectivity index (χ1v) is 31.8. The Bertz CT molecular complexity index is 1550. The molecular formula is C64H120Cl2N4O12. The highest BCUT2D eigenvalue weighted by Crippen LogP contribution is 2.18. The summed E-state index contributed by atoms with van der Waals surface area (Å²) in [6, 6.07) is 0. The molecule has 82 heavy (non-hydrogen) atoms. The maximum atomic E-state index is 12.8. The van der Waals surface area contributed by atoms with Gasteiger partial charge in [-0.3, -0.25) is 19.2 Å². The lowest BCUT2D eigenvalue weighted by Gasteiger charge is -2.30. The number of carbonyl (C=O) groups excluding carboxylic acids is 6. The Labute approximate surface area is 511 Å². The van der Waals surface area contributed by atoms with Crippen LogP contribution in [-0.4, -0.2) is 160 Å². The largest absolute Gasteiger partial charge is 1.00 e. The summed E-state index contributed by atoms with van der Waals surface area (Å²) in [5.41, 5.74) is 0. The standard InChI is InChI=1S/C64H118N4O12.2ClH/c1-9-11-33-43-59(79-63(75)53-67(5,6)49-51-77-55(3)69)57(71)41-35-27-21-15-17-23-29-37-45-61(73)65-47-39-31-25-19-13-14-20-26-32-40-48-66-62(74)46-38-30-24-18-16-22-28-36-42-58(72)60(44-34-12-10-2)80-64(76)54-68(7,8)50-52-78-56(4)70;;/h27-28,35-36,57-60,71-72H,9-26,29-34,37-54H2,1-8H3;2*1H/b35-27+,36-28+;;. The van der Waals surface area contributed by atoms with Crippen LogP contribution in [0.2, 0.25) is 0 Å². The van der Waals surface area contributed by atoms with E-state index in [4.69, 9.17) is 18.9 Å². The van der Waals surface area contributed by atoms with Crippen LogP contribution in [0, 0.1) is 0 Å². The van der Waals surface area contributed by atoms with Crippen LogP contribution in [0.1, 0.15) is 246 Å². The molecule has 482 valence electrons. The van der Waals surface area contributed by atoms with Crippen molar-refractivity contribution in [3.63, 3.8) is 0 Å². The number of ether oxygens (including phenoxy) is 4. The average Bonchev–Trinajstić information content (AvgIpc) is 3.38. The number of amides is 2. The molecule has 0 aliphatic carbocycles. The second kappa shape index (κ2) is 55.6. The van der Waals surface area contributed by atoms with E-state index in [2.05, 4.69) is 36.6 Å². The molecule has 4 unspecified atom stereocenters. The zero-order valence-corrected chi connectivity index (χ0v) is 54.5. The molecule has 0 saturated heterocycles. The van der Waals surface area contributed by atoms with Gasteiger partial charge in [0.15, 0.2) is 13.1 Å². The molecule has 0 aliphatic heterocycles. The zero-order chi connectivity index (χ0) is 59.5.